The Labute approximate surface area is 174 Å². The fourth-order valence-corrected chi connectivity index (χ4v) is 4.29. The van der Waals surface area contributed by atoms with E-state index in [0.29, 0.717) is 36.0 Å². The Kier molecular flexibility index (Phi) is 5.00. The van der Waals surface area contributed by atoms with Gasteiger partial charge in [0.2, 0.25) is 5.95 Å². The summed E-state index contributed by atoms with van der Waals surface area (Å²) < 4.78 is 11.6. The second kappa shape index (κ2) is 7.95. The predicted molar refractivity (Wildman–Crippen MR) is 113 cm³/mol. The van der Waals surface area contributed by atoms with Gasteiger partial charge in [-0.2, -0.15) is 4.98 Å². The predicted octanol–water partition coefficient (Wildman–Crippen LogP) is 3.19. The summed E-state index contributed by atoms with van der Waals surface area (Å²) in [5, 5.41) is 7.28. The first-order chi connectivity index (χ1) is 14.7. The molecule has 30 heavy (non-hydrogen) atoms. The lowest BCUT2D eigenvalue weighted by Gasteiger charge is -2.28. The molecule has 1 aliphatic carbocycles. The molecular formula is C22H25N5O3. The van der Waals surface area contributed by atoms with Crippen LogP contribution in [0.2, 0.25) is 0 Å². The molecule has 1 amide bonds. The third-order valence-electron chi connectivity index (χ3n) is 6.00. The van der Waals surface area contributed by atoms with Crippen LogP contribution in [0.3, 0.4) is 0 Å². The van der Waals surface area contributed by atoms with Gasteiger partial charge in [-0.3, -0.25) is 4.79 Å². The van der Waals surface area contributed by atoms with Crippen LogP contribution < -0.4 is 15.4 Å². The van der Waals surface area contributed by atoms with Crippen LogP contribution in [-0.2, 0) is 4.74 Å². The van der Waals surface area contributed by atoms with Crippen LogP contribution in [0.25, 0.3) is 11.0 Å². The van der Waals surface area contributed by atoms with Gasteiger partial charge in [0.15, 0.2) is 0 Å². The van der Waals surface area contributed by atoms with Crippen LogP contribution in [0.1, 0.15) is 47.7 Å². The second-order valence-electron chi connectivity index (χ2n) is 7.87. The average Bonchev–Trinajstić information content (AvgIpc) is 3.12. The van der Waals surface area contributed by atoms with Crippen LogP contribution in [0.15, 0.2) is 36.7 Å². The van der Waals surface area contributed by atoms with E-state index in [2.05, 4.69) is 25.6 Å². The number of carbonyl (C=O) groups is 1. The van der Waals surface area contributed by atoms with Gasteiger partial charge in [-0.15, -0.1) is 0 Å². The Bertz CT molecular complexity index is 1060. The molecule has 0 saturated heterocycles. The van der Waals surface area contributed by atoms with Gasteiger partial charge in [0.25, 0.3) is 5.91 Å². The van der Waals surface area contributed by atoms with Crippen LogP contribution in [0.5, 0.6) is 5.75 Å². The molecule has 0 spiro atoms. The Hall–Kier alpha value is -3.13. The summed E-state index contributed by atoms with van der Waals surface area (Å²) in [7, 11) is 1.78. The quantitative estimate of drug-likeness (QED) is 0.614. The zero-order valence-corrected chi connectivity index (χ0v) is 16.9. The number of para-hydroxylation sites is 1. The van der Waals surface area contributed by atoms with E-state index in [1.54, 1.807) is 13.2 Å². The number of nitrogens with one attached hydrogen (secondary N) is 3. The van der Waals surface area contributed by atoms with Gasteiger partial charge in [-0.1, -0.05) is 12.1 Å². The topological polar surface area (TPSA) is 101 Å². The van der Waals surface area contributed by atoms with E-state index in [0.717, 1.165) is 42.3 Å². The van der Waals surface area contributed by atoms with E-state index in [1.165, 1.54) is 0 Å². The number of aromatic amines is 1. The largest absolute Gasteiger partial charge is 0.483 e. The van der Waals surface area contributed by atoms with Gasteiger partial charge >= 0.3 is 0 Å². The maximum atomic E-state index is 12.3. The monoisotopic (exact) mass is 407 g/mol. The van der Waals surface area contributed by atoms with Crippen molar-refractivity contribution in [3.8, 4) is 5.75 Å². The SMILES string of the molecule is COC1CCC(Nc2ncc3c(C4CNC(=O)c5ccccc5O4)c[nH]c3n2)CC1. The van der Waals surface area contributed by atoms with Crippen molar-refractivity contribution in [1.29, 1.82) is 0 Å². The fraction of sp³-hybridized carbons (Fsp3) is 0.409. The smallest absolute Gasteiger partial charge is 0.255 e. The van der Waals surface area contributed by atoms with E-state index >= 15 is 0 Å². The molecule has 1 aromatic carbocycles. The Morgan fingerprint density at radius 1 is 1.20 bits per heavy atom. The minimum atomic E-state index is -0.321. The molecule has 2 aromatic heterocycles. The number of ether oxygens (including phenoxy) is 2. The lowest BCUT2D eigenvalue weighted by molar-refractivity contribution is 0.0681. The van der Waals surface area contributed by atoms with Gasteiger partial charge in [-0.25, -0.2) is 4.98 Å². The summed E-state index contributed by atoms with van der Waals surface area (Å²) in [6.07, 6.45) is 7.94. The number of H-pyrrole nitrogens is 1. The highest BCUT2D eigenvalue weighted by atomic mass is 16.5. The highest BCUT2D eigenvalue weighted by Crippen LogP contribution is 2.31. The number of methoxy groups -OCH3 is 1. The second-order valence-corrected chi connectivity index (χ2v) is 7.87. The van der Waals surface area contributed by atoms with Crippen LogP contribution in [0.4, 0.5) is 5.95 Å². The number of carbonyl (C=O) groups excluding carboxylic acids is 1. The van der Waals surface area contributed by atoms with Crippen molar-refractivity contribution in [2.75, 3.05) is 19.0 Å². The first-order valence-electron chi connectivity index (χ1n) is 10.4. The molecule has 3 heterocycles. The molecular weight excluding hydrogens is 382 g/mol. The van der Waals surface area contributed by atoms with Crippen LogP contribution >= 0.6 is 0 Å². The molecule has 1 fully saturated rings. The molecule has 0 bridgehead atoms. The molecule has 1 saturated carbocycles. The number of nitrogens with zero attached hydrogens (tertiary/aromatic N) is 2. The third kappa shape index (κ3) is 3.59. The zero-order chi connectivity index (χ0) is 20.5. The molecule has 156 valence electrons. The summed E-state index contributed by atoms with van der Waals surface area (Å²) in [5.41, 5.74) is 2.22. The van der Waals surface area contributed by atoms with Crippen LogP contribution in [0, 0.1) is 0 Å². The molecule has 2 aliphatic rings. The number of fused-ring (bicyclic) bond motifs is 2. The maximum absolute atomic E-state index is 12.3. The number of hydrogen-bond acceptors (Lipinski definition) is 6. The van der Waals surface area contributed by atoms with Crippen molar-refractivity contribution in [2.45, 2.75) is 43.9 Å². The number of anilines is 1. The normalized spacial score (nSPS) is 23.9. The van der Waals surface area contributed by atoms with Crippen LogP contribution in [-0.4, -0.2) is 46.7 Å². The molecule has 5 rings (SSSR count). The molecule has 3 aromatic rings. The third-order valence-corrected chi connectivity index (χ3v) is 6.00. The van der Waals surface area contributed by atoms with E-state index in [1.807, 2.05) is 30.6 Å². The Morgan fingerprint density at radius 3 is 2.87 bits per heavy atom. The van der Waals surface area contributed by atoms with Crippen molar-refractivity contribution in [3.63, 3.8) is 0 Å². The standard InChI is InChI=1S/C22H25N5O3/c1-29-14-8-6-13(7-9-14)26-22-25-11-17-16(10-23-20(17)27-22)19-12-24-21(28)15-4-2-3-5-18(15)30-19/h2-5,10-11,13-14,19H,6-9,12H2,1H3,(H,24,28)(H2,23,25,26,27). The number of benzene rings is 1. The van der Waals surface area contributed by atoms with E-state index in [-0.39, 0.29) is 12.0 Å². The zero-order valence-electron chi connectivity index (χ0n) is 16.9. The number of rotatable bonds is 4. The minimum Gasteiger partial charge on any atom is -0.483 e. The van der Waals surface area contributed by atoms with Gasteiger partial charge in [0.1, 0.15) is 17.5 Å². The van der Waals surface area contributed by atoms with E-state index in [9.17, 15) is 4.79 Å². The van der Waals surface area contributed by atoms with Crippen molar-refractivity contribution < 1.29 is 14.3 Å². The number of aromatic nitrogens is 3. The fourth-order valence-electron chi connectivity index (χ4n) is 4.29. The minimum absolute atomic E-state index is 0.126. The highest BCUT2D eigenvalue weighted by Gasteiger charge is 2.26. The Morgan fingerprint density at radius 2 is 2.03 bits per heavy atom. The summed E-state index contributed by atoms with van der Waals surface area (Å²) in [4.78, 5) is 24.7. The van der Waals surface area contributed by atoms with E-state index < -0.39 is 0 Å². The number of hydrogen-bond donors (Lipinski definition) is 3. The summed E-state index contributed by atoms with van der Waals surface area (Å²) >= 11 is 0. The molecule has 1 atom stereocenters. The first-order valence-corrected chi connectivity index (χ1v) is 10.4. The lowest BCUT2D eigenvalue weighted by atomic mass is 9.93. The number of amides is 1. The van der Waals surface area contributed by atoms with Crippen molar-refractivity contribution in [1.82, 2.24) is 20.3 Å². The van der Waals surface area contributed by atoms with Crippen molar-refractivity contribution >= 4 is 22.9 Å². The summed E-state index contributed by atoms with van der Waals surface area (Å²) in [6.45, 7) is 0.378. The lowest BCUT2D eigenvalue weighted by Crippen LogP contribution is -2.29. The van der Waals surface area contributed by atoms with Gasteiger partial charge in [-0.05, 0) is 37.8 Å². The molecule has 8 nitrogen and oxygen atoms in total. The molecule has 8 heteroatoms. The van der Waals surface area contributed by atoms with Crippen molar-refractivity contribution in [3.05, 3.63) is 47.8 Å². The summed E-state index contributed by atoms with van der Waals surface area (Å²) in [6, 6.07) is 7.64. The average molecular weight is 407 g/mol. The highest BCUT2D eigenvalue weighted by molar-refractivity contribution is 5.97. The Balaban J connectivity index is 1.35. The van der Waals surface area contributed by atoms with E-state index in [4.69, 9.17) is 9.47 Å². The molecule has 3 N–H and O–H groups in total. The van der Waals surface area contributed by atoms with Gasteiger partial charge < -0.3 is 25.1 Å². The maximum Gasteiger partial charge on any atom is 0.255 e. The molecule has 0 radical (unpaired) electrons. The van der Waals surface area contributed by atoms with Crippen molar-refractivity contribution in [2.24, 2.45) is 0 Å². The summed E-state index contributed by atoms with van der Waals surface area (Å²) in [5.74, 6) is 1.08. The van der Waals surface area contributed by atoms with Gasteiger partial charge in [0, 0.05) is 36.5 Å². The van der Waals surface area contributed by atoms with Gasteiger partial charge in [0.05, 0.1) is 18.2 Å². The molecule has 1 unspecified atom stereocenters. The molecule has 1 aliphatic heterocycles. The first kappa shape index (κ1) is 18.9.